The van der Waals surface area contributed by atoms with E-state index in [0.29, 0.717) is 0 Å². The summed E-state index contributed by atoms with van der Waals surface area (Å²) in [6.45, 7) is 10.5. The van der Waals surface area contributed by atoms with Crippen molar-refractivity contribution >= 4 is 17.5 Å². The Morgan fingerprint density at radius 3 is 2.16 bits per heavy atom. The highest BCUT2D eigenvalue weighted by atomic mass is 15.3. The first-order valence-corrected chi connectivity index (χ1v) is 9.44. The van der Waals surface area contributed by atoms with Gasteiger partial charge in [-0.25, -0.2) is 4.98 Å². The minimum Gasteiger partial charge on any atom is -0.368 e. The Kier molecular flexibility index (Phi) is 6.09. The SMILES string of the molecule is CCCN(CCC)c1nccc(N2CCN(c3ccccc3)CC2)n1. The summed E-state index contributed by atoms with van der Waals surface area (Å²) < 4.78 is 0. The Balaban J connectivity index is 1.66. The van der Waals surface area contributed by atoms with E-state index in [-0.39, 0.29) is 0 Å². The molecule has 0 amide bonds. The molecule has 0 radical (unpaired) electrons. The number of nitrogens with zero attached hydrogens (tertiary/aromatic N) is 5. The summed E-state index contributed by atoms with van der Waals surface area (Å²) in [4.78, 5) is 16.5. The van der Waals surface area contributed by atoms with Gasteiger partial charge >= 0.3 is 0 Å². The number of aromatic nitrogens is 2. The van der Waals surface area contributed by atoms with Gasteiger partial charge in [-0.05, 0) is 31.0 Å². The molecule has 1 aliphatic heterocycles. The van der Waals surface area contributed by atoms with Crippen LogP contribution in [-0.2, 0) is 0 Å². The van der Waals surface area contributed by atoms with Gasteiger partial charge in [0.25, 0.3) is 0 Å². The number of hydrogen-bond acceptors (Lipinski definition) is 5. The lowest BCUT2D eigenvalue weighted by Gasteiger charge is -2.37. The summed E-state index contributed by atoms with van der Waals surface area (Å²) >= 11 is 0. The summed E-state index contributed by atoms with van der Waals surface area (Å²) in [7, 11) is 0. The lowest BCUT2D eigenvalue weighted by molar-refractivity contribution is 0.644. The number of piperazine rings is 1. The maximum absolute atomic E-state index is 4.85. The van der Waals surface area contributed by atoms with Gasteiger partial charge in [0.05, 0.1) is 0 Å². The van der Waals surface area contributed by atoms with Crippen LogP contribution < -0.4 is 14.7 Å². The van der Waals surface area contributed by atoms with E-state index in [1.165, 1.54) is 5.69 Å². The second-order valence-corrected chi connectivity index (χ2v) is 6.51. The van der Waals surface area contributed by atoms with Crippen LogP contribution in [0.3, 0.4) is 0 Å². The average molecular weight is 339 g/mol. The van der Waals surface area contributed by atoms with Crippen LogP contribution >= 0.6 is 0 Å². The lowest BCUT2D eigenvalue weighted by atomic mass is 10.2. The molecule has 0 N–H and O–H groups in total. The van der Waals surface area contributed by atoms with E-state index in [2.05, 4.69) is 63.9 Å². The van der Waals surface area contributed by atoms with Gasteiger partial charge in [0, 0.05) is 51.2 Å². The van der Waals surface area contributed by atoms with Crippen LogP contribution in [0.15, 0.2) is 42.6 Å². The quantitative estimate of drug-likeness (QED) is 0.772. The predicted molar refractivity (Wildman–Crippen MR) is 106 cm³/mol. The Bertz CT molecular complexity index is 632. The standard InChI is InChI=1S/C20H29N5/c1-3-12-25(13-4-2)20-21-11-10-19(22-20)24-16-14-23(15-17-24)18-8-6-5-7-9-18/h5-11H,3-4,12-17H2,1-2H3. The van der Waals surface area contributed by atoms with E-state index in [9.17, 15) is 0 Å². The van der Waals surface area contributed by atoms with E-state index in [4.69, 9.17) is 4.98 Å². The van der Waals surface area contributed by atoms with Crippen molar-refractivity contribution in [2.75, 3.05) is 54.0 Å². The van der Waals surface area contributed by atoms with Gasteiger partial charge in [-0.3, -0.25) is 0 Å². The zero-order valence-electron chi connectivity index (χ0n) is 15.4. The van der Waals surface area contributed by atoms with Crippen LogP contribution in [0, 0.1) is 0 Å². The first-order chi connectivity index (χ1) is 12.3. The first kappa shape index (κ1) is 17.5. The molecular weight excluding hydrogens is 310 g/mol. The van der Waals surface area contributed by atoms with E-state index in [1.54, 1.807) is 0 Å². The highest BCUT2D eigenvalue weighted by molar-refractivity contribution is 5.50. The van der Waals surface area contributed by atoms with Crippen molar-refractivity contribution in [1.29, 1.82) is 0 Å². The van der Waals surface area contributed by atoms with Gasteiger partial charge in [0.2, 0.25) is 5.95 Å². The molecule has 1 saturated heterocycles. The second kappa shape index (κ2) is 8.70. The van der Waals surface area contributed by atoms with Crippen molar-refractivity contribution in [3.63, 3.8) is 0 Å². The zero-order valence-corrected chi connectivity index (χ0v) is 15.4. The minimum atomic E-state index is 0.867. The summed E-state index contributed by atoms with van der Waals surface area (Å²) in [5, 5.41) is 0. The molecule has 0 bridgehead atoms. The fourth-order valence-corrected chi connectivity index (χ4v) is 3.35. The maximum atomic E-state index is 4.85. The average Bonchev–Trinajstić information content (AvgIpc) is 2.69. The van der Waals surface area contributed by atoms with Crippen LogP contribution in [0.2, 0.25) is 0 Å². The number of rotatable bonds is 7. The fraction of sp³-hybridized carbons (Fsp3) is 0.500. The van der Waals surface area contributed by atoms with Crippen molar-refractivity contribution in [2.45, 2.75) is 26.7 Å². The number of hydrogen-bond donors (Lipinski definition) is 0. The van der Waals surface area contributed by atoms with Gasteiger partial charge in [0.15, 0.2) is 0 Å². The van der Waals surface area contributed by atoms with E-state index in [1.807, 2.05) is 12.3 Å². The van der Waals surface area contributed by atoms with Gasteiger partial charge in [-0.1, -0.05) is 32.0 Å². The number of anilines is 3. The molecule has 2 aromatic rings. The third-order valence-electron chi connectivity index (χ3n) is 4.62. The third kappa shape index (κ3) is 4.41. The molecule has 1 aromatic heterocycles. The topological polar surface area (TPSA) is 35.5 Å². The monoisotopic (exact) mass is 339 g/mol. The predicted octanol–water partition coefficient (Wildman–Crippen LogP) is 3.43. The number of para-hydroxylation sites is 1. The largest absolute Gasteiger partial charge is 0.368 e. The molecule has 5 nitrogen and oxygen atoms in total. The van der Waals surface area contributed by atoms with Crippen LogP contribution in [0.5, 0.6) is 0 Å². The molecule has 1 aliphatic rings. The van der Waals surface area contributed by atoms with Gasteiger partial charge in [0.1, 0.15) is 5.82 Å². The molecule has 0 atom stereocenters. The van der Waals surface area contributed by atoms with Crippen LogP contribution in [0.4, 0.5) is 17.5 Å². The molecule has 1 fully saturated rings. The summed E-state index contributed by atoms with van der Waals surface area (Å²) in [6, 6.07) is 12.7. The molecule has 0 unspecified atom stereocenters. The summed E-state index contributed by atoms with van der Waals surface area (Å²) in [5.41, 5.74) is 1.31. The Labute approximate surface area is 151 Å². The van der Waals surface area contributed by atoms with Crippen LogP contribution in [0.1, 0.15) is 26.7 Å². The normalized spacial score (nSPS) is 14.6. The van der Waals surface area contributed by atoms with Crippen molar-refractivity contribution in [3.05, 3.63) is 42.6 Å². The van der Waals surface area contributed by atoms with E-state index >= 15 is 0 Å². The van der Waals surface area contributed by atoms with Crippen LogP contribution in [0.25, 0.3) is 0 Å². The Hall–Kier alpha value is -2.30. The highest BCUT2D eigenvalue weighted by Crippen LogP contribution is 2.20. The second-order valence-electron chi connectivity index (χ2n) is 6.51. The van der Waals surface area contributed by atoms with Crippen molar-refractivity contribution in [2.24, 2.45) is 0 Å². The summed E-state index contributed by atoms with van der Waals surface area (Å²) in [5.74, 6) is 1.92. The van der Waals surface area contributed by atoms with Crippen molar-refractivity contribution in [1.82, 2.24) is 9.97 Å². The molecular formula is C20H29N5. The molecule has 3 rings (SSSR count). The van der Waals surface area contributed by atoms with Gasteiger partial charge in [-0.15, -0.1) is 0 Å². The van der Waals surface area contributed by atoms with E-state index < -0.39 is 0 Å². The summed E-state index contributed by atoms with van der Waals surface area (Å²) in [6.07, 6.45) is 4.13. The maximum Gasteiger partial charge on any atom is 0.227 e. The van der Waals surface area contributed by atoms with E-state index in [0.717, 1.165) is 63.9 Å². The van der Waals surface area contributed by atoms with Gasteiger partial charge in [-0.2, -0.15) is 4.98 Å². The smallest absolute Gasteiger partial charge is 0.227 e. The molecule has 1 aromatic carbocycles. The molecule has 134 valence electrons. The molecule has 0 aliphatic carbocycles. The third-order valence-corrected chi connectivity index (χ3v) is 4.62. The Morgan fingerprint density at radius 1 is 0.880 bits per heavy atom. The fourth-order valence-electron chi connectivity index (χ4n) is 3.35. The molecule has 25 heavy (non-hydrogen) atoms. The van der Waals surface area contributed by atoms with Gasteiger partial charge < -0.3 is 14.7 Å². The molecule has 5 heteroatoms. The minimum absolute atomic E-state index is 0.867. The zero-order chi connectivity index (χ0) is 17.5. The molecule has 2 heterocycles. The van der Waals surface area contributed by atoms with Crippen molar-refractivity contribution < 1.29 is 0 Å². The Morgan fingerprint density at radius 2 is 1.52 bits per heavy atom. The van der Waals surface area contributed by atoms with Crippen molar-refractivity contribution in [3.8, 4) is 0 Å². The van der Waals surface area contributed by atoms with Crippen LogP contribution in [-0.4, -0.2) is 49.2 Å². The molecule has 0 spiro atoms. The highest BCUT2D eigenvalue weighted by Gasteiger charge is 2.19. The lowest BCUT2D eigenvalue weighted by Crippen LogP contribution is -2.47. The first-order valence-electron chi connectivity index (χ1n) is 9.44. The number of benzene rings is 1. The molecule has 0 saturated carbocycles.